The average molecular weight is 315 g/mol. The minimum absolute atomic E-state index is 0.0472. The third-order valence-corrected chi connectivity index (χ3v) is 4.54. The number of hydrogen-bond donors (Lipinski definition) is 2. The minimum Gasteiger partial charge on any atom is -0.354 e. The Hall–Kier alpha value is -2.21. The van der Waals surface area contributed by atoms with Gasteiger partial charge in [0.15, 0.2) is 0 Å². The molecule has 0 radical (unpaired) electrons. The van der Waals surface area contributed by atoms with Crippen LogP contribution >= 0.6 is 11.3 Å². The highest BCUT2D eigenvalue weighted by atomic mass is 32.1. The Morgan fingerprint density at radius 1 is 1.36 bits per heavy atom. The van der Waals surface area contributed by atoms with E-state index in [1.165, 1.54) is 0 Å². The monoisotopic (exact) mass is 315 g/mol. The van der Waals surface area contributed by atoms with Crippen LogP contribution in [0.3, 0.4) is 0 Å². The van der Waals surface area contributed by atoms with Gasteiger partial charge in [-0.2, -0.15) is 0 Å². The maximum Gasteiger partial charge on any atom is 0.242 e. The predicted molar refractivity (Wildman–Crippen MR) is 85.4 cm³/mol. The maximum absolute atomic E-state index is 11.9. The van der Waals surface area contributed by atoms with E-state index in [1.807, 2.05) is 35.8 Å². The highest BCUT2D eigenvalue weighted by Gasteiger charge is 2.26. The van der Waals surface area contributed by atoms with Gasteiger partial charge in [0.05, 0.1) is 11.2 Å². The van der Waals surface area contributed by atoms with Crippen LogP contribution in [0.15, 0.2) is 35.8 Å². The van der Waals surface area contributed by atoms with Crippen molar-refractivity contribution in [1.82, 2.24) is 15.6 Å². The smallest absolute Gasteiger partial charge is 0.242 e. The van der Waals surface area contributed by atoms with Crippen LogP contribution in [0.1, 0.15) is 17.7 Å². The topological polar surface area (TPSA) is 71.1 Å². The molecule has 114 valence electrons. The van der Waals surface area contributed by atoms with Crippen molar-refractivity contribution in [3.63, 3.8) is 0 Å². The summed E-state index contributed by atoms with van der Waals surface area (Å²) < 4.78 is 0. The fourth-order valence-electron chi connectivity index (χ4n) is 2.51. The van der Waals surface area contributed by atoms with E-state index in [0.29, 0.717) is 19.4 Å². The van der Waals surface area contributed by atoms with Crippen LogP contribution in [-0.2, 0) is 16.0 Å². The average Bonchev–Trinajstić information content (AvgIpc) is 3.17. The Balaban J connectivity index is 1.56. The summed E-state index contributed by atoms with van der Waals surface area (Å²) in [6.07, 6.45) is 1.76. The van der Waals surface area contributed by atoms with Gasteiger partial charge >= 0.3 is 0 Å². The van der Waals surface area contributed by atoms with E-state index in [2.05, 4.69) is 15.6 Å². The lowest BCUT2D eigenvalue weighted by Crippen LogP contribution is -2.42. The zero-order valence-electron chi connectivity index (χ0n) is 12.0. The zero-order valence-corrected chi connectivity index (χ0v) is 12.9. The second kappa shape index (κ2) is 6.70. The molecule has 1 atom stereocenters. The molecule has 2 aromatic rings. The molecule has 1 aromatic carbocycles. The van der Waals surface area contributed by atoms with Crippen LogP contribution in [0, 0.1) is 0 Å². The molecule has 1 aliphatic heterocycles. The standard InChI is InChI=1S/C16H17N3O2S/c20-14-7-6-12(19-14)16(21)17-9-8-13-15(18-10-22-13)11-4-2-1-3-5-11/h1-5,10,12H,6-9H2,(H,17,21)(H,19,20). The van der Waals surface area contributed by atoms with Crippen LogP contribution in [0.25, 0.3) is 11.3 Å². The van der Waals surface area contributed by atoms with Crippen molar-refractivity contribution < 1.29 is 9.59 Å². The van der Waals surface area contributed by atoms with Gasteiger partial charge < -0.3 is 10.6 Å². The molecule has 5 nitrogen and oxygen atoms in total. The number of thiazole rings is 1. The van der Waals surface area contributed by atoms with E-state index < -0.39 is 0 Å². The zero-order chi connectivity index (χ0) is 15.4. The van der Waals surface area contributed by atoms with Gasteiger partial charge in [-0.1, -0.05) is 30.3 Å². The first-order valence-corrected chi connectivity index (χ1v) is 8.17. The molecule has 1 fully saturated rings. The molecule has 2 heterocycles. The third kappa shape index (κ3) is 3.33. The Labute approximate surface area is 132 Å². The molecule has 1 aromatic heterocycles. The van der Waals surface area contributed by atoms with Gasteiger partial charge in [-0.05, 0) is 6.42 Å². The summed E-state index contributed by atoms with van der Waals surface area (Å²) in [5.74, 6) is -0.148. The SMILES string of the molecule is O=C1CCC(C(=O)NCCc2scnc2-c2ccccc2)N1. The Morgan fingerprint density at radius 2 is 2.18 bits per heavy atom. The number of carbonyl (C=O) groups excluding carboxylic acids is 2. The number of aromatic nitrogens is 1. The van der Waals surface area contributed by atoms with Crippen LogP contribution in [0.5, 0.6) is 0 Å². The summed E-state index contributed by atoms with van der Waals surface area (Å²) >= 11 is 1.60. The Bertz CT molecular complexity index is 669. The van der Waals surface area contributed by atoms with Crippen molar-refractivity contribution >= 4 is 23.2 Å². The summed E-state index contributed by atoms with van der Waals surface area (Å²) in [6.45, 7) is 0.549. The molecule has 22 heavy (non-hydrogen) atoms. The first-order chi connectivity index (χ1) is 10.7. The van der Waals surface area contributed by atoms with E-state index in [1.54, 1.807) is 11.3 Å². The second-order valence-corrected chi connectivity index (χ2v) is 6.13. The second-order valence-electron chi connectivity index (χ2n) is 5.19. The van der Waals surface area contributed by atoms with Gasteiger partial charge in [0, 0.05) is 29.8 Å². The van der Waals surface area contributed by atoms with E-state index in [9.17, 15) is 9.59 Å². The molecule has 0 spiro atoms. The molecular formula is C16H17N3O2S. The van der Waals surface area contributed by atoms with Crippen molar-refractivity contribution in [2.24, 2.45) is 0 Å². The van der Waals surface area contributed by atoms with Crippen molar-refractivity contribution in [1.29, 1.82) is 0 Å². The van der Waals surface area contributed by atoms with Crippen LogP contribution in [-0.4, -0.2) is 29.4 Å². The number of amides is 2. The number of nitrogens with zero attached hydrogens (tertiary/aromatic N) is 1. The number of hydrogen-bond acceptors (Lipinski definition) is 4. The minimum atomic E-state index is -0.373. The Morgan fingerprint density at radius 3 is 2.91 bits per heavy atom. The summed E-state index contributed by atoms with van der Waals surface area (Å²) in [5.41, 5.74) is 3.90. The van der Waals surface area contributed by atoms with Crippen molar-refractivity contribution in [3.05, 3.63) is 40.7 Å². The summed E-state index contributed by atoms with van der Waals surface area (Å²) in [5, 5.41) is 5.56. The first-order valence-electron chi connectivity index (χ1n) is 7.29. The van der Waals surface area contributed by atoms with Gasteiger partial charge in [0.2, 0.25) is 11.8 Å². The highest BCUT2D eigenvalue weighted by molar-refractivity contribution is 7.10. The predicted octanol–water partition coefficient (Wildman–Crippen LogP) is 1.75. The molecule has 6 heteroatoms. The van der Waals surface area contributed by atoms with Crippen LogP contribution in [0.4, 0.5) is 0 Å². The molecule has 1 aliphatic rings. The van der Waals surface area contributed by atoms with E-state index in [0.717, 1.165) is 22.6 Å². The summed E-state index contributed by atoms with van der Waals surface area (Å²) in [4.78, 5) is 28.6. The maximum atomic E-state index is 11.9. The van der Waals surface area contributed by atoms with E-state index in [-0.39, 0.29) is 17.9 Å². The molecule has 0 bridgehead atoms. The van der Waals surface area contributed by atoms with Crippen molar-refractivity contribution in [2.75, 3.05) is 6.54 Å². The molecular weight excluding hydrogens is 298 g/mol. The number of carbonyl (C=O) groups is 2. The van der Waals surface area contributed by atoms with E-state index >= 15 is 0 Å². The number of rotatable bonds is 5. The quantitative estimate of drug-likeness (QED) is 0.883. The Kier molecular flexibility index (Phi) is 4.48. The summed E-state index contributed by atoms with van der Waals surface area (Å²) in [7, 11) is 0. The molecule has 0 saturated carbocycles. The fourth-order valence-corrected chi connectivity index (χ4v) is 3.30. The molecule has 1 saturated heterocycles. The lowest BCUT2D eigenvalue weighted by molar-refractivity contribution is -0.125. The summed E-state index contributed by atoms with van der Waals surface area (Å²) in [6, 6.07) is 9.65. The fraction of sp³-hybridized carbons (Fsp3) is 0.312. The molecule has 2 N–H and O–H groups in total. The van der Waals surface area contributed by atoms with Gasteiger partial charge in [-0.15, -0.1) is 11.3 Å². The van der Waals surface area contributed by atoms with Crippen LogP contribution in [0.2, 0.25) is 0 Å². The van der Waals surface area contributed by atoms with Gasteiger partial charge in [-0.25, -0.2) is 4.98 Å². The molecule has 1 unspecified atom stereocenters. The number of benzene rings is 1. The lowest BCUT2D eigenvalue weighted by Gasteiger charge is -2.10. The van der Waals surface area contributed by atoms with E-state index in [4.69, 9.17) is 0 Å². The van der Waals surface area contributed by atoms with Crippen LogP contribution < -0.4 is 10.6 Å². The van der Waals surface area contributed by atoms with Gasteiger partial charge in [-0.3, -0.25) is 9.59 Å². The normalized spacial score (nSPS) is 17.3. The highest BCUT2D eigenvalue weighted by Crippen LogP contribution is 2.25. The van der Waals surface area contributed by atoms with Crippen molar-refractivity contribution in [3.8, 4) is 11.3 Å². The van der Waals surface area contributed by atoms with Gasteiger partial charge in [0.25, 0.3) is 0 Å². The third-order valence-electron chi connectivity index (χ3n) is 3.65. The molecule has 2 amide bonds. The molecule has 3 rings (SSSR count). The largest absolute Gasteiger partial charge is 0.354 e. The molecule has 0 aliphatic carbocycles. The van der Waals surface area contributed by atoms with Gasteiger partial charge in [0.1, 0.15) is 6.04 Å². The van der Waals surface area contributed by atoms with Crippen molar-refractivity contribution in [2.45, 2.75) is 25.3 Å². The number of nitrogens with one attached hydrogen (secondary N) is 2. The first kappa shape index (κ1) is 14.7. The lowest BCUT2D eigenvalue weighted by atomic mass is 10.1.